The van der Waals surface area contributed by atoms with Crippen molar-refractivity contribution in [2.24, 2.45) is 0 Å². The molecule has 0 aliphatic rings. The molecule has 7 nitrogen and oxygen atoms in total. The third-order valence-electron chi connectivity index (χ3n) is 3.97. The van der Waals surface area contributed by atoms with Crippen molar-refractivity contribution < 1.29 is 5.11 Å². The van der Waals surface area contributed by atoms with Gasteiger partial charge in [-0.05, 0) is 19.4 Å². The van der Waals surface area contributed by atoms with E-state index in [9.17, 15) is 0 Å². The van der Waals surface area contributed by atoms with Gasteiger partial charge in [0.2, 0.25) is 5.95 Å². The molecule has 26 heavy (non-hydrogen) atoms. The van der Waals surface area contributed by atoms with Crippen molar-refractivity contribution in [1.29, 1.82) is 0 Å². The molecule has 0 amide bonds. The van der Waals surface area contributed by atoms with Crippen LogP contribution in [0.5, 0.6) is 0 Å². The van der Waals surface area contributed by atoms with Crippen molar-refractivity contribution in [1.82, 2.24) is 19.5 Å². The number of hydrogen-bond donors (Lipinski definition) is 2. The summed E-state index contributed by atoms with van der Waals surface area (Å²) in [7, 11) is 0. The van der Waals surface area contributed by atoms with Gasteiger partial charge < -0.3 is 20.3 Å². The maximum Gasteiger partial charge on any atom is 0.227 e. The summed E-state index contributed by atoms with van der Waals surface area (Å²) >= 11 is 0. The van der Waals surface area contributed by atoms with E-state index >= 15 is 0 Å². The third kappa shape index (κ3) is 4.29. The molecular formula is C19H27N6O+. The van der Waals surface area contributed by atoms with Crippen LogP contribution in [0.15, 0.2) is 36.7 Å². The topological polar surface area (TPSA) is 90.6 Å². The van der Waals surface area contributed by atoms with E-state index in [-0.39, 0.29) is 6.04 Å². The molecule has 7 heteroatoms. The number of benzene rings is 1. The van der Waals surface area contributed by atoms with Gasteiger partial charge in [-0.2, -0.15) is 9.97 Å². The smallest absolute Gasteiger partial charge is 0.227 e. The van der Waals surface area contributed by atoms with Gasteiger partial charge in [-0.15, -0.1) is 0 Å². The van der Waals surface area contributed by atoms with Crippen LogP contribution in [0.1, 0.15) is 39.3 Å². The Kier molecular flexibility index (Phi) is 5.08. The summed E-state index contributed by atoms with van der Waals surface area (Å²) in [6, 6.07) is 10.4. The summed E-state index contributed by atoms with van der Waals surface area (Å²) in [6.07, 6.45) is 1.80. The maximum absolute atomic E-state index is 8.02. The summed E-state index contributed by atoms with van der Waals surface area (Å²) in [4.78, 5) is 13.7. The van der Waals surface area contributed by atoms with Crippen LogP contribution in [-0.4, -0.2) is 36.8 Å². The van der Waals surface area contributed by atoms with Crippen molar-refractivity contribution in [2.75, 3.05) is 17.2 Å². The lowest BCUT2D eigenvalue weighted by molar-refractivity contribution is 0.0943. The second-order valence-corrected chi connectivity index (χ2v) is 7.39. The highest BCUT2D eigenvalue weighted by atomic mass is 16.3. The number of hydrogen-bond acceptors (Lipinski definition) is 5. The van der Waals surface area contributed by atoms with Crippen LogP contribution in [-0.2, 0) is 6.54 Å². The summed E-state index contributed by atoms with van der Waals surface area (Å²) in [5.41, 5.74) is 2.11. The first-order valence-corrected chi connectivity index (χ1v) is 8.85. The van der Waals surface area contributed by atoms with Crippen molar-refractivity contribution in [3.05, 3.63) is 42.2 Å². The molecule has 2 heterocycles. The molecule has 0 radical (unpaired) electrons. The molecule has 0 spiro atoms. The van der Waals surface area contributed by atoms with Gasteiger partial charge in [0, 0.05) is 26.4 Å². The van der Waals surface area contributed by atoms with Crippen LogP contribution in [0.4, 0.5) is 11.8 Å². The molecule has 0 bridgehead atoms. The number of rotatable bonds is 7. The highest BCUT2D eigenvalue weighted by Crippen LogP contribution is 2.24. The predicted molar refractivity (Wildman–Crippen MR) is 106 cm³/mol. The molecule has 1 aromatic carbocycles. The SMILES string of the molecule is CC(C)n1cnc2c(NCc3ccccc3)nc(NCC(C)(C)[OH2+])nc21. The molecule has 0 unspecified atom stereocenters. The number of aromatic nitrogens is 4. The van der Waals surface area contributed by atoms with Crippen LogP contribution < -0.4 is 10.6 Å². The largest absolute Gasteiger partial charge is 0.440 e. The Bertz CT molecular complexity index is 867. The normalized spacial score (nSPS) is 11.9. The van der Waals surface area contributed by atoms with Crippen LogP contribution >= 0.6 is 0 Å². The van der Waals surface area contributed by atoms with E-state index in [0.717, 1.165) is 11.2 Å². The van der Waals surface area contributed by atoms with Gasteiger partial charge in [-0.3, -0.25) is 0 Å². The minimum absolute atomic E-state index is 0.248. The fraction of sp³-hybridized carbons (Fsp3) is 0.421. The van der Waals surface area contributed by atoms with Crippen molar-refractivity contribution >= 4 is 22.9 Å². The number of nitrogens with zero attached hydrogens (tertiary/aromatic N) is 4. The zero-order valence-electron chi connectivity index (χ0n) is 15.7. The van der Waals surface area contributed by atoms with Gasteiger partial charge in [0.05, 0.1) is 12.9 Å². The minimum atomic E-state index is -0.603. The molecule has 3 rings (SSSR count). The molecule has 0 saturated heterocycles. The summed E-state index contributed by atoms with van der Waals surface area (Å²) in [6.45, 7) is 9.02. The van der Waals surface area contributed by atoms with Gasteiger partial charge in [-0.1, -0.05) is 30.3 Å². The van der Waals surface area contributed by atoms with E-state index < -0.39 is 5.60 Å². The lowest BCUT2D eigenvalue weighted by Gasteiger charge is -2.15. The van der Waals surface area contributed by atoms with Gasteiger partial charge in [0.25, 0.3) is 0 Å². The molecule has 0 saturated carbocycles. The van der Waals surface area contributed by atoms with E-state index in [1.165, 1.54) is 5.56 Å². The molecule has 0 aliphatic heterocycles. The average molecular weight is 355 g/mol. The molecule has 138 valence electrons. The fourth-order valence-electron chi connectivity index (χ4n) is 2.58. The Balaban J connectivity index is 1.93. The zero-order chi connectivity index (χ0) is 18.7. The Hall–Kier alpha value is -2.67. The van der Waals surface area contributed by atoms with Crippen molar-refractivity contribution in [3.8, 4) is 0 Å². The van der Waals surface area contributed by atoms with Gasteiger partial charge >= 0.3 is 0 Å². The van der Waals surface area contributed by atoms with Crippen molar-refractivity contribution in [2.45, 2.75) is 45.9 Å². The quantitative estimate of drug-likeness (QED) is 0.636. The van der Waals surface area contributed by atoms with Gasteiger partial charge in [-0.25, -0.2) is 4.98 Å². The monoisotopic (exact) mass is 355 g/mol. The van der Waals surface area contributed by atoms with E-state index in [2.05, 4.69) is 51.6 Å². The van der Waals surface area contributed by atoms with Crippen LogP contribution in [0.2, 0.25) is 0 Å². The predicted octanol–water partition coefficient (Wildman–Crippen LogP) is 2.93. The molecule has 2 aromatic heterocycles. The Morgan fingerprint density at radius 1 is 1.12 bits per heavy atom. The standard InChI is InChI=1S/C19H26N6O/c1-13(2)25-12-22-15-16(20-10-14-8-6-5-7-9-14)23-18(24-17(15)25)21-11-19(3,4)26/h5-9,12-13,26H,10-11H2,1-4H3,(H2,20,21,23,24)/p+1. The highest BCUT2D eigenvalue weighted by Gasteiger charge is 2.20. The van der Waals surface area contributed by atoms with Crippen LogP contribution in [0.3, 0.4) is 0 Å². The first-order chi connectivity index (χ1) is 12.3. The zero-order valence-corrected chi connectivity index (χ0v) is 15.7. The molecule has 4 N–H and O–H groups in total. The average Bonchev–Trinajstić information content (AvgIpc) is 3.02. The Morgan fingerprint density at radius 2 is 1.85 bits per heavy atom. The summed E-state index contributed by atoms with van der Waals surface area (Å²) < 4.78 is 2.03. The minimum Gasteiger partial charge on any atom is -0.440 e. The summed E-state index contributed by atoms with van der Waals surface area (Å²) in [5.74, 6) is 1.21. The first kappa shape index (κ1) is 18.1. The Labute approximate surface area is 153 Å². The second-order valence-electron chi connectivity index (χ2n) is 7.39. The third-order valence-corrected chi connectivity index (χ3v) is 3.97. The maximum atomic E-state index is 8.02. The van der Waals surface area contributed by atoms with E-state index in [4.69, 9.17) is 5.11 Å². The second kappa shape index (κ2) is 7.29. The van der Waals surface area contributed by atoms with E-state index in [1.807, 2.05) is 36.6 Å². The summed E-state index contributed by atoms with van der Waals surface area (Å²) in [5, 5.41) is 14.6. The molecule has 3 aromatic rings. The molecule has 0 fully saturated rings. The van der Waals surface area contributed by atoms with Gasteiger partial charge in [0.1, 0.15) is 0 Å². The van der Waals surface area contributed by atoms with Gasteiger partial charge in [0.15, 0.2) is 22.6 Å². The molecular weight excluding hydrogens is 328 g/mol. The first-order valence-electron chi connectivity index (χ1n) is 8.85. The van der Waals surface area contributed by atoms with E-state index in [0.29, 0.717) is 24.9 Å². The van der Waals surface area contributed by atoms with E-state index in [1.54, 1.807) is 6.33 Å². The lowest BCUT2D eigenvalue weighted by Crippen LogP contribution is -2.30. The number of nitrogens with one attached hydrogen (secondary N) is 2. The van der Waals surface area contributed by atoms with Crippen LogP contribution in [0.25, 0.3) is 11.2 Å². The molecule has 0 aliphatic carbocycles. The number of fused-ring (bicyclic) bond motifs is 1. The number of imidazole rings is 1. The van der Waals surface area contributed by atoms with Crippen molar-refractivity contribution in [3.63, 3.8) is 0 Å². The Morgan fingerprint density at radius 3 is 2.50 bits per heavy atom. The lowest BCUT2D eigenvalue weighted by atomic mass is 10.1. The molecule has 0 atom stereocenters. The number of anilines is 2. The highest BCUT2D eigenvalue weighted by molar-refractivity contribution is 5.84. The van der Waals surface area contributed by atoms with Crippen LogP contribution in [0, 0.1) is 0 Å². The fourth-order valence-corrected chi connectivity index (χ4v) is 2.58.